The average Bonchev–Trinajstić information content (AvgIpc) is 3.24. The van der Waals surface area contributed by atoms with E-state index >= 15 is 0 Å². The van der Waals surface area contributed by atoms with Gasteiger partial charge in [-0.05, 0) is 68.4 Å². The smallest absolute Gasteiger partial charge is 0.312 e. The van der Waals surface area contributed by atoms with Gasteiger partial charge in [0.1, 0.15) is 0 Å². The zero-order chi connectivity index (χ0) is 21.6. The maximum absolute atomic E-state index is 13.0. The maximum Gasteiger partial charge on any atom is 0.312 e. The van der Waals surface area contributed by atoms with E-state index in [0.717, 1.165) is 19.3 Å². The van der Waals surface area contributed by atoms with Gasteiger partial charge in [0.15, 0.2) is 18.1 Å². The fourth-order valence-corrected chi connectivity index (χ4v) is 6.27. The topological polar surface area (TPSA) is 92.9 Å². The summed E-state index contributed by atoms with van der Waals surface area (Å²) in [6, 6.07) is 3.47. The number of hydrogen-bond donors (Lipinski definition) is 0. The van der Waals surface area contributed by atoms with E-state index in [1.807, 2.05) is 0 Å². The van der Waals surface area contributed by atoms with Crippen LogP contribution >= 0.6 is 0 Å². The molecule has 4 aliphatic rings. The normalized spacial score (nSPS) is 28.4. The molecule has 4 saturated carbocycles. The molecule has 8 nitrogen and oxygen atoms in total. The summed E-state index contributed by atoms with van der Waals surface area (Å²) in [6.45, 7) is -0.0159. The van der Waals surface area contributed by atoms with Gasteiger partial charge < -0.3 is 23.4 Å². The molecule has 2 aromatic rings. The number of hydrogen-bond acceptors (Lipinski definition) is 8. The second-order valence-electron chi connectivity index (χ2n) is 9.19. The van der Waals surface area contributed by atoms with Crippen LogP contribution in [-0.2, 0) is 16.1 Å². The zero-order valence-corrected chi connectivity index (χ0v) is 18.2. The number of rotatable bonds is 7. The van der Waals surface area contributed by atoms with E-state index in [2.05, 4.69) is 10.2 Å². The van der Waals surface area contributed by atoms with Crippen molar-refractivity contribution < 1.29 is 28.2 Å². The van der Waals surface area contributed by atoms with Crippen LogP contribution in [0.1, 0.15) is 44.4 Å². The van der Waals surface area contributed by atoms with Gasteiger partial charge in [-0.3, -0.25) is 4.79 Å². The van der Waals surface area contributed by atoms with Crippen LogP contribution in [0.2, 0.25) is 0 Å². The van der Waals surface area contributed by atoms with Crippen molar-refractivity contribution in [1.29, 1.82) is 0 Å². The summed E-state index contributed by atoms with van der Waals surface area (Å²) >= 11 is 0. The number of benzene rings is 1. The van der Waals surface area contributed by atoms with Gasteiger partial charge in [-0.25, -0.2) is 0 Å². The van der Waals surface area contributed by atoms with Crippen molar-refractivity contribution in [2.45, 2.75) is 45.1 Å². The monoisotopic (exact) mass is 428 g/mol. The molecule has 6 rings (SSSR count). The van der Waals surface area contributed by atoms with Crippen LogP contribution in [0, 0.1) is 23.2 Å². The molecule has 0 radical (unpaired) electrons. The molecule has 1 aromatic carbocycles. The highest BCUT2D eigenvalue weighted by molar-refractivity contribution is 5.77. The van der Waals surface area contributed by atoms with Gasteiger partial charge >= 0.3 is 5.97 Å². The van der Waals surface area contributed by atoms with Crippen LogP contribution in [0.15, 0.2) is 16.5 Å². The highest BCUT2D eigenvalue weighted by Crippen LogP contribution is 2.60. The first-order chi connectivity index (χ1) is 15.0. The molecule has 166 valence electrons. The summed E-state index contributed by atoms with van der Waals surface area (Å²) in [5.74, 6) is 3.99. The largest absolute Gasteiger partial charge is 0.493 e. The Balaban J connectivity index is 1.29. The molecule has 1 heterocycles. The van der Waals surface area contributed by atoms with Crippen molar-refractivity contribution in [2.24, 2.45) is 23.2 Å². The SMILES string of the molecule is COc1cc(-c2nnc(COC(=O)C34CC5CC(CC(C5)C3)C4)o2)cc(OC)c1OC. The molecule has 0 amide bonds. The third kappa shape index (κ3) is 3.51. The lowest BCUT2D eigenvalue weighted by molar-refractivity contribution is -0.173. The molecular weight excluding hydrogens is 400 g/mol. The first-order valence-electron chi connectivity index (χ1n) is 10.8. The van der Waals surface area contributed by atoms with E-state index in [1.54, 1.807) is 33.5 Å². The molecule has 8 heteroatoms. The van der Waals surface area contributed by atoms with Gasteiger partial charge in [0.25, 0.3) is 5.89 Å². The van der Waals surface area contributed by atoms with Crippen molar-refractivity contribution in [3.05, 3.63) is 18.0 Å². The van der Waals surface area contributed by atoms with Crippen molar-refractivity contribution in [2.75, 3.05) is 21.3 Å². The molecule has 4 fully saturated rings. The lowest BCUT2D eigenvalue weighted by Crippen LogP contribution is -2.50. The zero-order valence-electron chi connectivity index (χ0n) is 18.2. The minimum Gasteiger partial charge on any atom is -0.493 e. The maximum atomic E-state index is 13.0. The summed E-state index contributed by atoms with van der Waals surface area (Å²) < 4.78 is 27.5. The molecule has 0 atom stereocenters. The van der Waals surface area contributed by atoms with Crippen LogP contribution < -0.4 is 14.2 Å². The van der Waals surface area contributed by atoms with Crippen LogP contribution in [0.3, 0.4) is 0 Å². The average molecular weight is 428 g/mol. The van der Waals surface area contributed by atoms with Crippen molar-refractivity contribution in [1.82, 2.24) is 10.2 Å². The molecule has 4 bridgehead atoms. The van der Waals surface area contributed by atoms with E-state index in [-0.39, 0.29) is 23.9 Å². The number of methoxy groups -OCH3 is 3. The summed E-state index contributed by atoms with van der Waals surface area (Å²) in [4.78, 5) is 13.0. The second kappa shape index (κ2) is 7.73. The van der Waals surface area contributed by atoms with Gasteiger partial charge in [0, 0.05) is 5.56 Å². The van der Waals surface area contributed by atoms with Gasteiger partial charge in [0.2, 0.25) is 11.6 Å². The predicted molar refractivity (Wildman–Crippen MR) is 110 cm³/mol. The first kappa shape index (κ1) is 20.2. The highest BCUT2D eigenvalue weighted by atomic mass is 16.5. The summed E-state index contributed by atoms with van der Waals surface area (Å²) in [5, 5.41) is 8.16. The fourth-order valence-electron chi connectivity index (χ4n) is 6.27. The Bertz CT molecular complexity index is 924. The Labute approximate surface area is 181 Å². The minimum absolute atomic E-state index is 0.0159. The Morgan fingerprint density at radius 2 is 1.55 bits per heavy atom. The molecule has 0 N–H and O–H groups in total. The number of ether oxygens (including phenoxy) is 4. The molecule has 0 unspecified atom stereocenters. The number of esters is 1. The van der Waals surface area contributed by atoms with Gasteiger partial charge in [0.05, 0.1) is 26.7 Å². The molecule has 1 aromatic heterocycles. The molecular formula is C23H28N2O6. The number of carbonyl (C=O) groups is 1. The molecule has 0 aliphatic heterocycles. The fraction of sp³-hybridized carbons (Fsp3) is 0.609. The van der Waals surface area contributed by atoms with E-state index in [9.17, 15) is 4.79 Å². The number of aromatic nitrogens is 2. The third-order valence-corrected chi connectivity index (χ3v) is 7.18. The Kier molecular flexibility index (Phi) is 5.02. The Morgan fingerprint density at radius 3 is 2.06 bits per heavy atom. The van der Waals surface area contributed by atoms with Crippen molar-refractivity contribution >= 4 is 5.97 Å². The van der Waals surface area contributed by atoms with Crippen molar-refractivity contribution in [3.8, 4) is 28.7 Å². The Morgan fingerprint density at radius 1 is 0.968 bits per heavy atom. The lowest BCUT2D eigenvalue weighted by Gasteiger charge is -2.55. The summed E-state index contributed by atoms with van der Waals surface area (Å²) in [6.07, 6.45) is 6.77. The quantitative estimate of drug-likeness (QED) is 0.611. The van der Waals surface area contributed by atoms with E-state index < -0.39 is 0 Å². The van der Waals surface area contributed by atoms with Crippen LogP contribution in [0.5, 0.6) is 17.2 Å². The molecule has 4 aliphatic carbocycles. The predicted octanol–water partition coefficient (Wildman–Crippen LogP) is 4.02. The standard InChI is InChI=1S/C23H28N2O6/c1-27-17-7-16(8-18(28-2)20(17)29-3)21-25-24-19(31-21)12-30-22(26)23-9-13-4-14(10-23)6-15(5-13)11-23/h7-8,13-15H,4-6,9-12H2,1-3H3. The van der Waals surface area contributed by atoms with Crippen LogP contribution in [0.25, 0.3) is 11.5 Å². The highest BCUT2D eigenvalue weighted by Gasteiger charge is 2.55. The van der Waals surface area contributed by atoms with Crippen LogP contribution in [0.4, 0.5) is 0 Å². The second-order valence-corrected chi connectivity index (χ2v) is 9.19. The van der Waals surface area contributed by atoms with Gasteiger partial charge in [-0.2, -0.15) is 0 Å². The summed E-state index contributed by atoms with van der Waals surface area (Å²) in [5.41, 5.74) is 0.328. The van der Waals surface area contributed by atoms with Gasteiger partial charge in [-0.15, -0.1) is 10.2 Å². The minimum atomic E-state index is -0.297. The molecule has 31 heavy (non-hydrogen) atoms. The Hall–Kier alpha value is -2.77. The van der Waals surface area contributed by atoms with E-state index in [0.29, 0.717) is 46.5 Å². The summed E-state index contributed by atoms with van der Waals surface area (Å²) in [7, 11) is 4.64. The van der Waals surface area contributed by atoms with E-state index in [1.165, 1.54) is 19.3 Å². The van der Waals surface area contributed by atoms with E-state index in [4.69, 9.17) is 23.4 Å². The lowest BCUT2D eigenvalue weighted by atomic mass is 9.49. The number of carbonyl (C=O) groups excluding carboxylic acids is 1. The van der Waals surface area contributed by atoms with Crippen LogP contribution in [-0.4, -0.2) is 37.5 Å². The third-order valence-electron chi connectivity index (χ3n) is 7.18. The number of nitrogens with zero attached hydrogens (tertiary/aromatic N) is 2. The van der Waals surface area contributed by atoms with Crippen molar-refractivity contribution in [3.63, 3.8) is 0 Å². The van der Waals surface area contributed by atoms with Gasteiger partial charge in [-0.1, -0.05) is 0 Å². The first-order valence-corrected chi connectivity index (χ1v) is 10.8. The molecule has 0 saturated heterocycles. The molecule has 0 spiro atoms.